The summed E-state index contributed by atoms with van der Waals surface area (Å²) in [6.45, 7) is 3.91. The predicted octanol–water partition coefficient (Wildman–Crippen LogP) is 3.28. The molecule has 3 N–H and O–H groups in total. The maximum Gasteiger partial charge on any atom is 0.215 e. The fourth-order valence-electron chi connectivity index (χ4n) is 3.33. The molecule has 0 atom stereocenters. The first-order valence-electron chi connectivity index (χ1n) is 10.1. The van der Waals surface area contributed by atoms with Gasteiger partial charge in [-0.25, -0.2) is 22.5 Å². The summed E-state index contributed by atoms with van der Waals surface area (Å²) < 4.78 is 39.2. The summed E-state index contributed by atoms with van der Waals surface area (Å²) in [5, 5.41) is 6.63. The molecule has 6 nitrogen and oxygen atoms in total. The second-order valence-electron chi connectivity index (χ2n) is 7.62. The first kappa shape index (κ1) is 25.5. The van der Waals surface area contributed by atoms with E-state index in [0.717, 1.165) is 36.1 Å². The molecule has 2 aromatic carbocycles. The van der Waals surface area contributed by atoms with Crippen molar-refractivity contribution in [1.82, 2.24) is 15.4 Å². The van der Waals surface area contributed by atoms with Crippen molar-refractivity contribution in [3.05, 3.63) is 71.0 Å². The molecule has 0 saturated heterocycles. The molecule has 2 aromatic rings. The van der Waals surface area contributed by atoms with E-state index >= 15 is 0 Å². The number of hydrogen-bond acceptors (Lipinski definition) is 3. The standard InChI is InChI=1S/C22H29FN4O2S.HI/c1-3-25-21(27-16-22(11-12-22)19-5-4-6-20(23)13-19)26-14-17-7-9-18(10-8-17)15-30(28,29)24-2;/h4-10,13,24H,3,11-12,14-16H2,1-2H3,(H2,25,26,27);1H. The maximum atomic E-state index is 13.6. The van der Waals surface area contributed by atoms with Crippen LogP contribution in [0.1, 0.15) is 36.5 Å². The van der Waals surface area contributed by atoms with Gasteiger partial charge in [0, 0.05) is 18.5 Å². The summed E-state index contributed by atoms with van der Waals surface area (Å²) in [5.41, 5.74) is 2.72. The lowest BCUT2D eigenvalue weighted by Gasteiger charge is -2.19. The number of sulfonamides is 1. The molecule has 0 heterocycles. The topological polar surface area (TPSA) is 82.6 Å². The summed E-state index contributed by atoms with van der Waals surface area (Å²) in [6.07, 6.45) is 2.06. The molecule has 1 fully saturated rings. The van der Waals surface area contributed by atoms with Crippen molar-refractivity contribution in [3.63, 3.8) is 0 Å². The van der Waals surface area contributed by atoms with Gasteiger partial charge < -0.3 is 10.6 Å². The van der Waals surface area contributed by atoms with Crippen LogP contribution >= 0.6 is 24.0 Å². The molecular weight excluding hydrogens is 530 g/mol. The summed E-state index contributed by atoms with van der Waals surface area (Å²) in [7, 11) is -1.87. The fourth-order valence-corrected chi connectivity index (χ4v) is 4.11. The normalized spacial score (nSPS) is 15.1. The average molecular weight is 560 g/mol. The van der Waals surface area contributed by atoms with Crippen molar-refractivity contribution in [2.45, 2.75) is 37.5 Å². The Hall–Kier alpha value is -1.72. The van der Waals surface area contributed by atoms with Crippen LogP contribution in [-0.4, -0.2) is 34.5 Å². The van der Waals surface area contributed by atoms with Crippen molar-refractivity contribution >= 4 is 40.0 Å². The minimum absolute atomic E-state index is 0. The first-order chi connectivity index (χ1) is 14.4. The van der Waals surface area contributed by atoms with Crippen molar-refractivity contribution in [1.29, 1.82) is 0 Å². The zero-order chi connectivity index (χ0) is 21.6. The van der Waals surface area contributed by atoms with E-state index in [1.807, 2.05) is 37.3 Å². The van der Waals surface area contributed by atoms with Crippen LogP contribution in [0.2, 0.25) is 0 Å². The van der Waals surface area contributed by atoms with Crippen molar-refractivity contribution < 1.29 is 12.8 Å². The Kier molecular flexibility index (Phi) is 9.26. The maximum absolute atomic E-state index is 13.6. The van der Waals surface area contributed by atoms with Crippen LogP contribution in [-0.2, 0) is 27.7 Å². The third-order valence-corrected chi connectivity index (χ3v) is 6.67. The third kappa shape index (κ3) is 7.43. The fraction of sp³-hybridized carbons (Fsp3) is 0.409. The van der Waals surface area contributed by atoms with E-state index < -0.39 is 10.0 Å². The number of halogens is 2. The SMILES string of the molecule is CCNC(=NCc1ccc(CS(=O)(=O)NC)cc1)NCC1(c2cccc(F)c2)CC1.I. The summed E-state index contributed by atoms with van der Waals surface area (Å²) in [6, 6.07) is 14.2. The van der Waals surface area contributed by atoms with Gasteiger partial charge in [0.1, 0.15) is 5.82 Å². The average Bonchev–Trinajstić information content (AvgIpc) is 3.52. The van der Waals surface area contributed by atoms with E-state index in [1.165, 1.54) is 13.1 Å². The summed E-state index contributed by atoms with van der Waals surface area (Å²) >= 11 is 0. The zero-order valence-electron chi connectivity index (χ0n) is 17.8. The van der Waals surface area contributed by atoms with E-state index in [1.54, 1.807) is 12.1 Å². The van der Waals surface area contributed by atoms with Crippen LogP contribution in [0.3, 0.4) is 0 Å². The molecule has 170 valence electrons. The van der Waals surface area contributed by atoms with Crippen LogP contribution in [0, 0.1) is 5.82 Å². The quantitative estimate of drug-likeness (QED) is 0.250. The van der Waals surface area contributed by atoms with Gasteiger partial charge in [-0.1, -0.05) is 36.4 Å². The lowest BCUT2D eigenvalue weighted by atomic mass is 9.96. The predicted molar refractivity (Wildman–Crippen MR) is 134 cm³/mol. The summed E-state index contributed by atoms with van der Waals surface area (Å²) in [5.74, 6) is 0.465. The van der Waals surface area contributed by atoms with Crippen molar-refractivity contribution in [3.8, 4) is 0 Å². The van der Waals surface area contributed by atoms with Gasteiger partial charge in [0.15, 0.2) is 5.96 Å². The molecule has 0 aliphatic heterocycles. The van der Waals surface area contributed by atoms with Gasteiger partial charge in [-0.3, -0.25) is 0 Å². The van der Waals surface area contributed by atoms with Crippen molar-refractivity contribution in [2.24, 2.45) is 4.99 Å². The van der Waals surface area contributed by atoms with E-state index in [4.69, 9.17) is 0 Å². The number of nitrogens with zero attached hydrogens (tertiary/aromatic N) is 1. The highest BCUT2D eigenvalue weighted by Gasteiger charge is 2.44. The minimum atomic E-state index is -3.28. The lowest BCUT2D eigenvalue weighted by molar-refractivity contribution is 0.587. The highest BCUT2D eigenvalue weighted by atomic mass is 127. The first-order valence-corrected chi connectivity index (χ1v) is 11.8. The Morgan fingerprint density at radius 2 is 1.77 bits per heavy atom. The molecule has 0 bridgehead atoms. The largest absolute Gasteiger partial charge is 0.357 e. The van der Waals surface area contributed by atoms with Gasteiger partial charge >= 0.3 is 0 Å². The lowest BCUT2D eigenvalue weighted by Crippen LogP contribution is -2.41. The molecule has 9 heteroatoms. The third-order valence-electron chi connectivity index (χ3n) is 5.34. The summed E-state index contributed by atoms with van der Waals surface area (Å²) in [4.78, 5) is 4.64. The van der Waals surface area contributed by atoms with Gasteiger partial charge in [-0.05, 0) is 55.6 Å². The van der Waals surface area contributed by atoms with E-state index in [9.17, 15) is 12.8 Å². The Morgan fingerprint density at radius 1 is 1.10 bits per heavy atom. The number of benzene rings is 2. The molecule has 0 aromatic heterocycles. The number of hydrogen-bond donors (Lipinski definition) is 3. The van der Waals surface area contributed by atoms with Gasteiger partial charge in [-0.15, -0.1) is 24.0 Å². The monoisotopic (exact) mass is 560 g/mol. The Balaban J connectivity index is 0.00000341. The number of nitrogens with one attached hydrogen (secondary N) is 3. The highest BCUT2D eigenvalue weighted by molar-refractivity contribution is 14.0. The smallest absolute Gasteiger partial charge is 0.215 e. The van der Waals surface area contributed by atoms with Crippen LogP contribution in [0.4, 0.5) is 4.39 Å². The van der Waals surface area contributed by atoms with Crippen LogP contribution in [0.5, 0.6) is 0 Å². The van der Waals surface area contributed by atoms with Gasteiger partial charge in [0.2, 0.25) is 10.0 Å². The van der Waals surface area contributed by atoms with Crippen LogP contribution in [0.15, 0.2) is 53.5 Å². The molecule has 0 radical (unpaired) electrons. The second kappa shape index (κ2) is 11.2. The molecule has 0 unspecified atom stereocenters. The van der Waals surface area contributed by atoms with Crippen LogP contribution < -0.4 is 15.4 Å². The van der Waals surface area contributed by atoms with Crippen molar-refractivity contribution in [2.75, 3.05) is 20.1 Å². The molecule has 0 amide bonds. The minimum Gasteiger partial charge on any atom is -0.357 e. The molecule has 1 aliphatic carbocycles. The molecular formula is C22H30FIN4O2S. The highest BCUT2D eigenvalue weighted by Crippen LogP contribution is 2.47. The Labute approximate surface area is 201 Å². The molecule has 0 spiro atoms. The van der Waals surface area contributed by atoms with Gasteiger partial charge in [-0.2, -0.15) is 0 Å². The zero-order valence-corrected chi connectivity index (χ0v) is 21.0. The van der Waals surface area contributed by atoms with Gasteiger partial charge in [0.25, 0.3) is 0 Å². The number of guanidine groups is 1. The van der Waals surface area contributed by atoms with E-state index in [-0.39, 0.29) is 41.0 Å². The molecule has 1 aliphatic rings. The van der Waals surface area contributed by atoms with Crippen LogP contribution in [0.25, 0.3) is 0 Å². The van der Waals surface area contributed by atoms with Gasteiger partial charge in [0.05, 0.1) is 12.3 Å². The van der Waals surface area contributed by atoms with E-state index in [2.05, 4.69) is 20.3 Å². The number of aliphatic imine (C=N–C) groups is 1. The molecule has 1 saturated carbocycles. The molecule has 31 heavy (non-hydrogen) atoms. The number of rotatable bonds is 9. The molecule has 3 rings (SSSR count). The second-order valence-corrected chi connectivity index (χ2v) is 9.55. The van der Waals surface area contributed by atoms with E-state index in [0.29, 0.717) is 19.0 Å². The Bertz CT molecular complexity index is 993. The Morgan fingerprint density at radius 3 is 2.35 bits per heavy atom.